The number of carbonyl (C=O) groups excluding carboxylic acids is 1. The molecule has 0 aliphatic carbocycles. The van der Waals surface area contributed by atoms with E-state index in [0.29, 0.717) is 39.3 Å². The number of aromatic amines is 1. The smallest absolute Gasteiger partial charge is 0.254 e. The predicted octanol–water partition coefficient (Wildman–Crippen LogP) is 3.90. The van der Waals surface area contributed by atoms with Gasteiger partial charge in [-0.05, 0) is 58.2 Å². The first kappa shape index (κ1) is 25.4. The van der Waals surface area contributed by atoms with E-state index in [2.05, 4.69) is 15.2 Å². The lowest BCUT2D eigenvalue weighted by molar-refractivity contribution is -0.137. The molecule has 1 aromatic heterocycles. The molecule has 1 unspecified atom stereocenters. The van der Waals surface area contributed by atoms with Gasteiger partial charge in [0.25, 0.3) is 17.3 Å². The molecule has 8 nitrogen and oxygen atoms in total. The Kier molecular flexibility index (Phi) is 7.02. The van der Waals surface area contributed by atoms with E-state index in [0.717, 1.165) is 49.7 Å². The van der Waals surface area contributed by atoms with Crippen molar-refractivity contribution in [2.45, 2.75) is 56.9 Å². The molecule has 4 heterocycles. The fraction of sp³-hybridized carbons (Fsp3) is 0.538. The van der Waals surface area contributed by atoms with Crippen LogP contribution in [0.3, 0.4) is 0 Å². The number of amides is 1. The first-order valence-electron chi connectivity index (χ1n) is 12.3. The van der Waals surface area contributed by atoms with Crippen molar-refractivity contribution in [2.75, 3.05) is 32.6 Å². The molecule has 0 saturated carbocycles. The highest BCUT2D eigenvalue weighted by Crippen LogP contribution is 2.51. The van der Waals surface area contributed by atoms with Crippen molar-refractivity contribution >= 4 is 29.3 Å². The molecular formula is C26H32ClN3O5S. The minimum absolute atomic E-state index is 0.110. The number of benzene rings is 1. The zero-order chi connectivity index (χ0) is 25.6. The van der Waals surface area contributed by atoms with Crippen LogP contribution in [0.15, 0.2) is 21.8 Å². The first-order valence-corrected chi connectivity index (χ1v) is 13.9. The Morgan fingerprint density at radius 1 is 1.22 bits per heavy atom. The molecule has 2 fully saturated rings. The largest absolute Gasteiger partial charge is 0.448 e. The van der Waals surface area contributed by atoms with Gasteiger partial charge in [-0.25, -0.2) is 0 Å². The highest BCUT2D eigenvalue weighted by Gasteiger charge is 2.48. The van der Waals surface area contributed by atoms with E-state index < -0.39 is 5.79 Å². The second-order valence-electron chi connectivity index (χ2n) is 9.92. The average molecular weight is 534 g/mol. The van der Waals surface area contributed by atoms with Gasteiger partial charge >= 0.3 is 0 Å². The standard InChI is InChI=1S/C26H32ClN3O5S/c1-14-9-21(36-4)19(25(32)29-14)11-28-24(31)18-10-20(27)23-22(15(18)2)34-26(3,35-23)16-5-7-30(8-6-16)17-12-33-13-17/h9-10,16-17H,5-8,11-13H2,1-4H3,(H,28,31)(H,29,32). The van der Waals surface area contributed by atoms with Gasteiger partial charge in [0.1, 0.15) is 0 Å². The normalized spacial score (nSPS) is 22.5. The van der Waals surface area contributed by atoms with Crippen molar-refractivity contribution in [3.63, 3.8) is 0 Å². The van der Waals surface area contributed by atoms with E-state index in [1.807, 2.05) is 33.1 Å². The summed E-state index contributed by atoms with van der Waals surface area (Å²) in [4.78, 5) is 31.7. The number of ether oxygens (including phenoxy) is 3. The van der Waals surface area contributed by atoms with Crippen LogP contribution in [-0.2, 0) is 11.3 Å². The second-order valence-corrected chi connectivity index (χ2v) is 11.2. The summed E-state index contributed by atoms with van der Waals surface area (Å²) in [6, 6.07) is 4.05. The van der Waals surface area contributed by atoms with Crippen LogP contribution in [0.25, 0.3) is 0 Å². The van der Waals surface area contributed by atoms with E-state index in [1.54, 1.807) is 6.07 Å². The number of likely N-dealkylation sites (tertiary alicyclic amines) is 1. The van der Waals surface area contributed by atoms with Crippen molar-refractivity contribution in [3.05, 3.63) is 49.9 Å². The van der Waals surface area contributed by atoms with Crippen molar-refractivity contribution in [3.8, 4) is 11.5 Å². The molecule has 36 heavy (non-hydrogen) atoms. The van der Waals surface area contributed by atoms with Gasteiger partial charge in [0.05, 0.1) is 24.3 Å². The fourth-order valence-corrected chi connectivity index (χ4v) is 6.21. The maximum absolute atomic E-state index is 13.2. The summed E-state index contributed by atoms with van der Waals surface area (Å²) in [7, 11) is 0. The number of halogens is 1. The molecule has 0 radical (unpaired) electrons. The Balaban J connectivity index is 1.31. The number of H-pyrrole nitrogens is 1. The fourth-order valence-electron chi connectivity index (χ4n) is 5.27. The SMILES string of the molecule is CSc1cc(C)[nH]c(=O)c1CNC(=O)c1cc(Cl)c2c(c1C)OC(C)(C1CCN(C3COC3)CC1)O2. The highest BCUT2D eigenvalue weighted by molar-refractivity contribution is 7.98. The lowest BCUT2D eigenvalue weighted by Crippen LogP contribution is -2.55. The molecule has 3 aliphatic heterocycles. The van der Waals surface area contributed by atoms with E-state index in [9.17, 15) is 9.59 Å². The van der Waals surface area contributed by atoms with Gasteiger partial charge < -0.3 is 24.5 Å². The second kappa shape index (κ2) is 9.93. The summed E-state index contributed by atoms with van der Waals surface area (Å²) in [6.45, 7) is 9.34. The number of nitrogens with zero attached hydrogens (tertiary/aromatic N) is 1. The Morgan fingerprint density at radius 2 is 1.92 bits per heavy atom. The molecule has 2 aromatic rings. The number of fused-ring (bicyclic) bond motifs is 1. The molecule has 2 saturated heterocycles. The molecule has 1 aromatic carbocycles. The molecule has 1 atom stereocenters. The molecule has 5 rings (SSSR count). The monoisotopic (exact) mass is 533 g/mol. The predicted molar refractivity (Wildman–Crippen MR) is 140 cm³/mol. The quantitative estimate of drug-likeness (QED) is 0.544. The molecule has 10 heteroatoms. The van der Waals surface area contributed by atoms with E-state index >= 15 is 0 Å². The van der Waals surface area contributed by atoms with Crippen LogP contribution >= 0.6 is 23.4 Å². The maximum Gasteiger partial charge on any atom is 0.254 e. The number of pyridine rings is 1. The lowest BCUT2D eigenvalue weighted by Gasteiger charge is -2.44. The van der Waals surface area contributed by atoms with Crippen LogP contribution in [0, 0.1) is 19.8 Å². The molecule has 0 bridgehead atoms. The molecule has 1 amide bonds. The maximum atomic E-state index is 13.2. The molecule has 0 spiro atoms. The van der Waals surface area contributed by atoms with Crippen molar-refractivity contribution in [2.24, 2.45) is 5.92 Å². The Hall–Kier alpha value is -2.20. The van der Waals surface area contributed by atoms with Crippen molar-refractivity contribution < 1.29 is 19.0 Å². The lowest BCUT2D eigenvalue weighted by atomic mass is 9.88. The first-order chi connectivity index (χ1) is 17.2. The number of piperidine rings is 1. The number of rotatable bonds is 6. The van der Waals surface area contributed by atoms with Crippen molar-refractivity contribution in [1.82, 2.24) is 15.2 Å². The van der Waals surface area contributed by atoms with Gasteiger partial charge in [0, 0.05) is 46.7 Å². The zero-order valence-corrected chi connectivity index (χ0v) is 22.6. The Bertz CT molecular complexity index is 1240. The average Bonchev–Trinajstić information content (AvgIpc) is 3.19. The molecule has 2 N–H and O–H groups in total. The summed E-state index contributed by atoms with van der Waals surface area (Å²) in [5.74, 6) is 0.0486. The van der Waals surface area contributed by atoms with Gasteiger partial charge in [-0.3, -0.25) is 14.5 Å². The van der Waals surface area contributed by atoms with Gasteiger partial charge in [0.2, 0.25) is 0 Å². The number of carbonyl (C=O) groups is 1. The van der Waals surface area contributed by atoms with Gasteiger partial charge in [-0.1, -0.05) is 11.6 Å². The number of hydrogen-bond donors (Lipinski definition) is 2. The highest BCUT2D eigenvalue weighted by atomic mass is 35.5. The van der Waals surface area contributed by atoms with Gasteiger partial charge in [-0.15, -0.1) is 11.8 Å². The van der Waals surface area contributed by atoms with Crippen LogP contribution in [0.2, 0.25) is 5.02 Å². The summed E-state index contributed by atoms with van der Waals surface area (Å²) >= 11 is 8.06. The number of aromatic nitrogens is 1. The van der Waals surface area contributed by atoms with E-state index in [4.69, 9.17) is 25.8 Å². The molecular weight excluding hydrogens is 502 g/mol. The third-order valence-electron chi connectivity index (χ3n) is 7.58. The minimum Gasteiger partial charge on any atom is -0.448 e. The Labute approximate surface area is 220 Å². The van der Waals surface area contributed by atoms with E-state index in [-0.39, 0.29) is 23.9 Å². The minimum atomic E-state index is -0.837. The van der Waals surface area contributed by atoms with Crippen LogP contribution in [0.1, 0.15) is 46.9 Å². The third kappa shape index (κ3) is 4.62. The van der Waals surface area contributed by atoms with Gasteiger partial charge in [-0.2, -0.15) is 0 Å². The third-order valence-corrected chi connectivity index (χ3v) is 8.66. The topological polar surface area (TPSA) is 92.9 Å². The number of hydrogen-bond acceptors (Lipinski definition) is 7. The van der Waals surface area contributed by atoms with Crippen LogP contribution in [0.5, 0.6) is 11.5 Å². The van der Waals surface area contributed by atoms with Crippen LogP contribution in [0.4, 0.5) is 0 Å². The van der Waals surface area contributed by atoms with Crippen LogP contribution < -0.4 is 20.3 Å². The summed E-state index contributed by atoms with van der Waals surface area (Å²) in [5.41, 5.74) is 2.18. The summed E-state index contributed by atoms with van der Waals surface area (Å²) in [5, 5.41) is 3.22. The van der Waals surface area contributed by atoms with Crippen molar-refractivity contribution in [1.29, 1.82) is 0 Å². The number of nitrogens with one attached hydrogen (secondary N) is 2. The Morgan fingerprint density at radius 3 is 2.56 bits per heavy atom. The zero-order valence-electron chi connectivity index (χ0n) is 21.0. The van der Waals surface area contributed by atoms with Crippen LogP contribution in [-0.4, -0.2) is 60.2 Å². The molecule has 194 valence electrons. The van der Waals surface area contributed by atoms with Gasteiger partial charge in [0.15, 0.2) is 11.5 Å². The number of aryl methyl sites for hydroxylation is 1. The summed E-state index contributed by atoms with van der Waals surface area (Å²) < 4.78 is 18.1. The number of thioether (sulfide) groups is 1. The molecule has 3 aliphatic rings. The van der Waals surface area contributed by atoms with E-state index in [1.165, 1.54) is 11.8 Å². The summed E-state index contributed by atoms with van der Waals surface area (Å²) in [6.07, 6.45) is 3.81.